The smallest absolute Gasteiger partial charge is 0.248 e. The van der Waals surface area contributed by atoms with Crippen LogP contribution in [0.25, 0.3) is 11.1 Å². The number of carbonyl (C=O) groups excluding carboxylic acids is 8. The Labute approximate surface area is 767 Å². The SMILES string of the molecule is CCCCCCCCCCC(=O)N[C@H]1[C@H](Oc2c3cc4cc2Oc2ccc(cc2Cl)[C@@H](O)[C@@H]2NC(=O)[C@H](NC(=O)[C@@H]4NC(=O)[C@H]4NC(=O)[C@@H](Cc5ccc(cc5)O3)NC(=O)[C@@H](NC)c3ccc(O)c(c3)Oc3cc(O)c(Cl)c4c3)c3ccc(O)c(c3)-c3c(O[C@H]4O[C@H](CO)[C@@H](O)[C@H](O)[C@@H]4O)cc(O)cc3[C@H](C(=O)NCCCNCCCNCCCN)NC2=O)O[C@H](CO)[C@@H](O)[C@@H]1O. The highest BCUT2D eigenvalue weighted by molar-refractivity contribution is 6.33. The number of aromatic hydroxyl groups is 4. The maximum Gasteiger partial charge on any atom is 0.248 e. The summed E-state index contributed by atoms with van der Waals surface area (Å²) in [4.78, 5) is 126. The second kappa shape index (κ2) is 44.8. The lowest BCUT2D eigenvalue weighted by Crippen LogP contribution is -2.65. The summed E-state index contributed by atoms with van der Waals surface area (Å²) in [7, 11) is 1.44. The number of aliphatic hydroxyl groups excluding tert-OH is 8. The average molecular weight is 1870 g/mol. The van der Waals surface area contributed by atoms with E-state index in [-0.39, 0.29) is 59.9 Å². The number of hydrogen-bond donors (Lipinski definition) is 24. The van der Waals surface area contributed by atoms with Gasteiger partial charge in [-0.05, 0) is 172 Å². The molecule has 41 heteroatoms. The van der Waals surface area contributed by atoms with Crippen molar-refractivity contribution in [1.29, 1.82) is 0 Å². The second-order valence-corrected chi connectivity index (χ2v) is 33.8. The maximum atomic E-state index is 16.9. The summed E-state index contributed by atoms with van der Waals surface area (Å²) >= 11 is 14.4. The van der Waals surface area contributed by atoms with E-state index in [0.29, 0.717) is 44.6 Å². The Hall–Kier alpha value is -11.5. The number of aliphatic hydroxyl groups is 8. The van der Waals surface area contributed by atoms with Crippen molar-refractivity contribution in [3.05, 3.63) is 164 Å². The van der Waals surface area contributed by atoms with E-state index in [9.17, 15) is 70.9 Å². The van der Waals surface area contributed by atoms with Crippen LogP contribution < -0.4 is 87.9 Å². The molecule has 7 aromatic rings. The molecule has 25 N–H and O–H groups in total. The van der Waals surface area contributed by atoms with Crippen molar-refractivity contribution in [2.24, 2.45) is 5.73 Å². The van der Waals surface area contributed by atoms with Gasteiger partial charge < -0.3 is 159 Å². The number of likely N-dealkylation sites (N-methyl/N-ethyl adjacent to an activating group) is 1. The highest BCUT2D eigenvalue weighted by Crippen LogP contribution is 2.51. The van der Waals surface area contributed by atoms with Crippen LogP contribution in [0.15, 0.2) is 115 Å². The molecule has 0 saturated carbocycles. The standard InChI is InChI=1S/C91H110Cl2N12O27/c1-3-4-5-6-7-8-9-10-14-66(112)100-75-79(116)77(114)64(41-106)130-90(75)132-82-62-35-47-36-63(82)128-59-24-19-46(33-54(59)92)76(113)74-89(125)104-72(84(120)98-30-13-29-97-28-12-27-96-26-11-25-94)52-37-48(108)38-61(129-91-81(118)80(117)78(115)65(42-107)131-91)67(52)51-32-44(17-22-56(51)109)70(86(122)105-74)101-87(123)71(47)102-88(124)73-53-39-50(40-58(111)68(53)93)127-60-34-45(18-23-57(60)110)69(95-2)85(121)99-55(83(119)103-73)31-43-15-20-49(126-62)21-16-43/h15-24,32-40,55,64-65,69-81,90-91,95-97,106-111,113-118H,3-14,25-31,41-42,94H2,1-2H3,(H,98,120)(H,99,121)(H,100,112)(H,101,123)(H,102,124)(H,103,119)(H,104,125)(H,105,122)/t55-,64-,65-,69+,70-,71-,72-,73+,74+,75-,76-,77-,78-,79-,80+,81+,90+,91+/m1/s1. The minimum absolute atomic E-state index is 0.0760. The van der Waals surface area contributed by atoms with Gasteiger partial charge in [-0.25, -0.2) is 0 Å². The van der Waals surface area contributed by atoms with Gasteiger partial charge in [0.25, 0.3) is 0 Å². The monoisotopic (exact) mass is 1870 g/mol. The predicted octanol–water partition coefficient (Wildman–Crippen LogP) is 3.19. The van der Waals surface area contributed by atoms with Gasteiger partial charge in [0.2, 0.25) is 65.6 Å². The van der Waals surface area contributed by atoms with Gasteiger partial charge >= 0.3 is 0 Å². The number of fused-ring (bicyclic) bond motifs is 14. The number of halogens is 2. The van der Waals surface area contributed by atoms with E-state index < -0.39 is 260 Å². The maximum absolute atomic E-state index is 16.9. The van der Waals surface area contributed by atoms with Crippen molar-refractivity contribution in [2.75, 3.05) is 59.5 Å². The third-order valence-corrected chi connectivity index (χ3v) is 24.3. The zero-order chi connectivity index (χ0) is 94.3. The molecule has 2 fully saturated rings. The topological polar surface area (TPSA) is 602 Å². The Morgan fingerprint density at radius 3 is 1.80 bits per heavy atom. The van der Waals surface area contributed by atoms with Crippen molar-refractivity contribution in [2.45, 2.75) is 200 Å². The number of amides is 8. The lowest BCUT2D eigenvalue weighted by atomic mass is 9.89. The van der Waals surface area contributed by atoms with E-state index in [4.69, 9.17) is 62.1 Å². The summed E-state index contributed by atoms with van der Waals surface area (Å²) in [5.74, 6) is -15.5. The molecular formula is C91H110Cl2N12O27. The fourth-order valence-electron chi connectivity index (χ4n) is 16.4. The summed E-state index contributed by atoms with van der Waals surface area (Å²) in [6, 6.07) is 6.55. The van der Waals surface area contributed by atoms with E-state index >= 15 is 28.8 Å². The van der Waals surface area contributed by atoms with Gasteiger partial charge in [0.15, 0.2) is 23.0 Å². The van der Waals surface area contributed by atoms with Crippen LogP contribution in [0.1, 0.15) is 159 Å². The Bertz CT molecular complexity index is 5320. The number of benzene rings is 7. The van der Waals surface area contributed by atoms with E-state index in [1.807, 2.05) is 0 Å². The normalized spacial score (nSPS) is 25.4. The number of nitrogens with two attached hydrogens (primary N) is 1. The van der Waals surface area contributed by atoms with Crippen molar-refractivity contribution in [3.63, 3.8) is 0 Å². The van der Waals surface area contributed by atoms with Gasteiger partial charge in [0.05, 0.1) is 23.3 Å². The number of hydrogen-bond acceptors (Lipinski definition) is 31. The fraction of sp³-hybridized carbons (Fsp3) is 0.451. The molecule has 0 aromatic heterocycles. The summed E-state index contributed by atoms with van der Waals surface area (Å²) in [6.07, 6.45) is -11.3. The van der Waals surface area contributed by atoms with Gasteiger partial charge in [0.1, 0.15) is 137 Å². The summed E-state index contributed by atoms with van der Waals surface area (Å²) < 4.78 is 45.1. The number of unbranched alkanes of at least 4 members (excludes halogenated alkanes) is 7. The molecule has 15 rings (SSSR count). The summed E-state index contributed by atoms with van der Waals surface area (Å²) in [5.41, 5.74) is 3.17. The van der Waals surface area contributed by atoms with E-state index in [0.717, 1.165) is 119 Å². The Kier molecular flexibility index (Phi) is 33.3. The molecule has 8 aliphatic heterocycles. The highest BCUT2D eigenvalue weighted by atomic mass is 35.5. The largest absolute Gasteiger partial charge is 0.508 e. The highest BCUT2D eigenvalue weighted by Gasteiger charge is 2.50. The first-order valence-electron chi connectivity index (χ1n) is 43.8. The quantitative estimate of drug-likeness (QED) is 0.0299. The molecule has 2 saturated heterocycles. The summed E-state index contributed by atoms with van der Waals surface area (Å²) in [5, 5.41) is 169. The van der Waals surface area contributed by atoms with Crippen molar-refractivity contribution in [1.82, 2.24) is 58.5 Å². The first kappa shape index (κ1) is 98.0. The Balaban J connectivity index is 1.02. The van der Waals surface area contributed by atoms with Crippen LogP contribution in [0, 0.1) is 0 Å². The Morgan fingerprint density at radius 2 is 1.11 bits per heavy atom. The zero-order valence-corrected chi connectivity index (χ0v) is 73.5. The van der Waals surface area contributed by atoms with Crippen LogP contribution >= 0.6 is 23.2 Å². The second-order valence-electron chi connectivity index (χ2n) is 33.0. The average Bonchev–Trinajstić information content (AvgIpc) is 0.755. The van der Waals surface area contributed by atoms with Crippen molar-refractivity contribution < 1.29 is 133 Å². The van der Waals surface area contributed by atoms with Crippen molar-refractivity contribution in [3.8, 4) is 80.1 Å². The van der Waals surface area contributed by atoms with Gasteiger partial charge in [-0.2, -0.15) is 0 Å². The fourth-order valence-corrected chi connectivity index (χ4v) is 16.9. The molecule has 17 bridgehead atoms. The van der Waals surface area contributed by atoms with Gasteiger partial charge in [-0.1, -0.05) is 105 Å². The minimum Gasteiger partial charge on any atom is -0.508 e. The van der Waals surface area contributed by atoms with E-state index in [1.54, 1.807) is 0 Å². The van der Waals surface area contributed by atoms with Crippen LogP contribution in [-0.4, -0.2) is 241 Å². The number of rotatable bonds is 29. The zero-order valence-electron chi connectivity index (χ0n) is 72.0. The summed E-state index contributed by atoms with van der Waals surface area (Å²) in [6.45, 7) is 2.93. The lowest BCUT2D eigenvalue weighted by Gasteiger charge is -2.42. The molecular weight excluding hydrogens is 1760 g/mol. The minimum atomic E-state index is -2.41. The van der Waals surface area contributed by atoms with Crippen LogP contribution in [0.2, 0.25) is 10.0 Å². The number of phenolic OH excluding ortho intramolecular Hbond substituents is 4. The molecule has 8 amide bonds. The van der Waals surface area contributed by atoms with Crippen molar-refractivity contribution >= 4 is 70.5 Å². The van der Waals surface area contributed by atoms with E-state index in [2.05, 4.69) is 65.4 Å². The number of carbonyl (C=O) groups is 8. The molecule has 0 aliphatic carbocycles. The molecule has 39 nitrogen and oxygen atoms in total. The number of phenols is 4. The third-order valence-electron chi connectivity index (χ3n) is 23.6. The number of nitrogens with one attached hydrogen (secondary N) is 11. The molecule has 0 unspecified atom stereocenters. The molecule has 0 spiro atoms. The first-order chi connectivity index (χ1) is 63.5. The molecule has 8 heterocycles. The van der Waals surface area contributed by atoms with Gasteiger partial charge in [-0.3, -0.25) is 38.4 Å². The molecule has 7 aromatic carbocycles. The molecule has 0 radical (unpaired) electrons. The van der Waals surface area contributed by atoms with Crippen LogP contribution in [0.3, 0.4) is 0 Å². The predicted molar refractivity (Wildman–Crippen MR) is 472 cm³/mol. The Morgan fingerprint density at radius 1 is 0.508 bits per heavy atom. The molecule has 710 valence electrons. The van der Waals surface area contributed by atoms with Crippen LogP contribution in [-0.2, 0) is 54.3 Å². The van der Waals surface area contributed by atoms with Gasteiger partial charge in [0, 0.05) is 48.2 Å². The van der Waals surface area contributed by atoms with Crippen LogP contribution in [0.5, 0.6) is 69.0 Å². The third kappa shape index (κ3) is 23.0. The first-order valence-corrected chi connectivity index (χ1v) is 44.5. The molecule has 8 aliphatic rings. The molecule has 132 heavy (non-hydrogen) atoms. The van der Waals surface area contributed by atoms with Crippen LogP contribution in [0.4, 0.5) is 0 Å². The number of ether oxygens (including phenoxy) is 7. The van der Waals surface area contributed by atoms with E-state index in [1.165, 1.54) is 61.6 Å². The van der Waals surface area contributed by atoms with Gasteiger partial charge in [-0.15, -0.1) is 0 Å². The lowest BCUT2D eigenvalue weighted by molar-refractivity contribution is -0.277. The molecule has 18 atom stereocenters.